The lowest BCUT2D eigenvalue weighted by Gasteiger charge is -2.32. The second-order valence-electron chi connectivity index (χ2n) is 5.65. The number of halogens is 1. The van der Waals surface area contributed by atoms with Gasteiger partial charge >= 0.3 is 0 Å². The van der Waals surface area contributed by atoms with E-state index in [1.165, 1.54) is 12.5 Å². The fraction of sp³-hybridized carbons (Fsp3) is 0.600. The highest BCUT2D eigenvalue weighted by atomic mass is 19.1. The number of rotatable bonds is 2. The molecule has 0 heterocycles. The van der Waals surface area contributed by atoms with E-state index in [1.54, 1.807) is 13.0 Å². The smallest absolute Gasteiger partial charge is 0.143 e. The molecule has 0 radical (unpaired) electrons. The molecule has 1 aliphatic carbocycles. The standard InChI is InChI=1S/C15H22FNO/c1-9-4-5-12(6-10(9)2)18-15-7-11(3)13(16)8-14(15)17/h7-10,12H,4-6,17H2,1-3H3. The zero-order valence-electron chi connectivity index (χ0n) is 11.4. The van der Waals surface area contributed by atoms with E-state index in [4.69, 9.17) is 10.5 Å². The van der Waals surface area contributed by atoms with Crippen LogP contribution >= 0.6 is 0 Å². The van der Waals surface area contributed by atoms with Gasteiger partial charge in [-0.25, -0.2) is 4.39 Å². The molecule has 1 fully saturated rings. The van der Waals surface area contributed by atoms with Crippen molar-refractivity contribution in [3.63, 3.8) is 0 Å². The molecule has 0 aliphatic heterocycles. The minimum absolute atomic E-state index is 0.211. The Balaban J connectivity index is 2.08. The van der Waals surface area contributed by atoms with Crippen LogP contribution in [0.4, 0.5) is 10.1 Å². The summed E-state index contributed by atoms with van der Waals surface area (Å²) in [6.07, 6.45) is 3.51. The monoisotopic (exact) mass is 251 g/mol. The van der Waals surface area contributed by atoms with Crippen LogP contribution in [0, 0.1) is 24.6 Å². The molecule has 0 saturated heterocycles. The summed E-state index contributed by atoms with van der Waals surface area (Å²) in [6, 6.07) is 3.05. The van der Waals surface area contributed by atoms with E-state index in [-0.39, 0.29) is 11.9 Å². The highest BCUT2D eigenvalue weighted by molar-refractivity contribution is 5.54. The third-order valence-corrected chi connectivity index (χ3v) is 4.13. The molecule has 1 aromatic rings. The van der Waals surface area contributed by atoms with Gasteiger partial charge in [-0.15, -0.1) is 0 Å². The lowest BCUT2D eigenvalue weighted by molar-refractivity contribution is 0.101. The summed E-state index contributed by atoms with van der Waals surface area (Å²) in [7, 11) is 0. The molecule has 2 N–H and O–H groups in total. The quantitative estimate of drug-likeness (QED) is 0.808. The first-order valence-electron chi connectivity index (χ1n) is 6.69. The molecule has 2 rings (SSSR count). The Labute approximate surface area is 108 Å². The number of anilines is 1. The van der Waals surface area contributed by atoms with Crippen molar-refractivity contribution in [2.24, 2.45) is 11.8 Å². The molecule has 0 aromatic heterocycles. The average molecular weight is 251 g/mol. The molecule has 3 heteroatoms. The summed E-state index contributed by atoms with van der Waals surface area (Å²) in [4.78, 5) is 0. The van der Waals surface area contributed by atoms with E-state index >= 15 is 0 Å². The Morgan fingerprint density at radius 3 is 2.61 bits per heavy atom. The second kappa shape index (κ2) is 5.17. The summed E-state index contributed by atoms with van der Waals surface area (Å²) in [5, 5.41) is 0. The van der Waals surface area contributed by atoms with Gasteiger partial charge in [0.25, 0.3) is 0 Å². The number of benzene rings is 1. The van der Waals surface area contributed by atoms with E-state index in [1.807, 2.05) is 0 Å². The van der Waals surface area contributed by atoms with Crippen molar-refractivity contribution in [3.8, 4) is 5.75 Å². The van der Waals surface area contributed by atoms with Crippen LogP contribution < -0.4 is 10.5 Å². The van der Waals surface area contributed by atoms with Gasteiger partial charge in [-0.05, 0) is 49.7 Å². The zero-order chi connectivity index (χ0) is 13.3. The lowest BCUT2D eigenvalue weighted by Crippen LogP contribution is -2.29. The zero-order valence-corrected chi connectivity index (χ0v) is 11.4. The maximum atomic E-state index is 13.3. The fourth-order valence-corrected chi connectivity index (χ4v) is 2.56. The topological polar surface area (TPSA) is 35.2 Å². The van der Waals surface area contributed by atoms with Crippen LogP contribution in [0.5, 0.6) is 5.75 Å². The molecule has 1 aromatic carbocycles. The van der Waals surface area contributed by atoms with Gasteiger partial charge in [0.2, 0.25) is 0 Å². The van der Waals surface area contributed by atoms with Crippen molar-refractivity contribution in [1.29, 1.82) is 0 Å². The van der Waals surface area contributed by atoms with E-state index in [0.29, 0.717) is 22.9 Å². The van der Waals surface area contributed by atoms with Gasteiger partial charge in [0.1, 0.15) is 11.6 Å². The molecule has 0 spiro atoms. The summed E-state index contributed by atoms with van der Waals surface area (Å²) < 4.78 is 19.3. The molecular formula is C15H22FNO. The van der Waals surface area contributed by atoms with E-state index in [0.717, 1.165) is 18.8 Å². The molecule has 2 nitrogen and oxygen atoms in total. The van der Waals surface area contributed by atoms with E-state index in [9.17, 15) is 4.39 Å². The molecule has 100 valence electrons. The van der Waals surface area contributed by atoms with Crippen LogP contribution in [0.3, 0.4) is 0 Å². The summed E-state index contributed by atoms with van der Waals surface area (Å²) in [5.74, 6) is 1.79. The maximum absolute atomic E-state index is 13.3. The molecule has 18 heavy (non-hydrogen) atoms. The molecule has 3 atom stereocenters. The number of hydrogen-bond donors (Lipinski definition) is 1. The predicted molar refractivity (Wildman–Crippen MR) is 72.1 cm³/mol. The fourth-order valence-electron chi connectivity index (χ4n) is 2.56. The maximum Gasteiger partial charge on any atom is 0.143 e. The van der Waals surface area contributed by atoms with Crippen LogP contribution in [-0.4, -0.2) is 6.10 Å². The minimum Gasteiger partial charge on any atom is -0.488 e. The third-order valence-electron chi connectivity index (χ3n) is 4.13. The molecule has 0 amide bonds. The van der Waals surface area contributed by atoms with Gasteiger partial charge in [0, 0.05) is 6.07 Å². The van der Waals surface area contributed by atoms with Crippen molar-refractivity contribution in [2.45, 2.75) is 46.1 Å². The number of ether oxygens (including phenoxy) is 1. The molecule has 0 bridgehead atoms. The molecule has 3 unspecified atom stereocenters. The average Bonchev–Trinajstić information content (AvgIpc) is 2.31. The van der Waals surface area contributed by atoms with Crippen molar-refractivity contribution in [1.82, 2.24) is 0 Å². The van der Waals surface area contributed by atoms with E-state index in [2.05, 4.69) is 13.8 Å². The van der Waals surface area contributed by atoms with Gasteiger partial charge in [-0.1, -0.05) is 13.8 Å². The molecule has 1 saturated carbocycles. The Bertz CT molecular complexity index is 433. The van der Waals surface area contributed by atoms with Crippen LogP contribution in [0.25, 0.3) is 0 Å². The second-order valence-corrected chi connectivity index (χ2v) is 5.65. The van der Waals surface area contributed by atoms with E-state index < -0.39 is 0 Å². The molecular weight excluding hydrogens is 229 g/mol. The van der Waals surface area contributed by atoms with Crippen LogP contribution in [0.2, 0.25) is 0 Å². The third kappa shape index (κ3) is 2.77. The number of nitrogen functional groups attached to an aromatic ring is 1. The van der Waals surface area contributed by atoms with Gasteiger partial charge < -0.3 is 10.5 Å². The number of aryl methyl sites for hydroxylation is 1. The summed E-state index contributed by atoms with van der Waals surface area (Å²) in [5.41, 5.74) is 6.78. The SMILES string of the molecule is Cc1cc(OC2CCC(C)C(C)C2)c(N)cc1F. The van der Waals surface area contributed by atoms with Gasteiger partial charge in [0.15, 0.2) is 0 Å². The Hall–Kier alpha value is -1.25. The predicted octanol–water partition coefficient (Wildman–Crippen LogP) is 3.92. The number of hydrogen-bond acceptors (Lipinski definition) is 2. The first kappa shape index (κ1) is 13.2. The Kier molecular flexibility index (Phi) is 3.79. The van der Waals surface area contributed by atoms with Crippen LogP contribution in [0.15, 0.2) is 12.1 Å². The highest BCUT2D eigenvalue weighted by Crippen LogP contribution is 2.34. The summed E-state index contributed by atoms with van der Waals surface area (Å²) in [6.45, 7) is 6.28. The van der Waals surface area contributed by atoms with Crippen molar-refractivity contribution < 1.29 is 9.13 Å². The van der Waals surface area contributed by atoms with Gasteiger partial charge in [0.05, 0.1) is 11.8 Å². The first-order chi connectivity index (χ1) is 8.47. The Morgan fingerprint density at radius 2 is 1.94 bits per heavy atom. The Morgan fingerprint density at radius 1 is 1.22 bits per heavy atom. The highest BCUT2D eigenvalue weighted by Gasteiger charge is 2.26. The van der Waals surface area contributed by atoms with Crippen molar-refractivity contribution in [3.05, 3.63) is 23.5 Å². The van der Waals surface area contributed by atoms with Gasteiger partial charge in [-0.3, -0.25) is 0 Å². The van der Waals surface area contributed by atoms with Crippen molar-refractivity contribution in [2.75, 3.05) is 5.73 Å². The minimum atomic E-state index is -0.273. The van der Waals surface area contributed by atoms with Crippen LogP contribution in [0.1, 0.15) is 38.7 Å². The largest absolute Gasteiger partial charge is 0.488 e. The van der Waals surface area contributed by atoms with Crippen molar-refractivity contribution >= 4 is 5.69 Å². The van der Waals surface area contributed by atoms with Crippen LogP contribution in [-0.2, 0) is 0 Å². The lowest BCUT2D eigenvalue weighted by atomic mass is 9.80. The first-order valence-corrected chi connectivity index (χ1v) is 6.69. The summed E-state index contributed by atoms with van der Waals surface area (Å²) >= 11 is 0. The molecule has 1 aliphatic rings. The normalized spacial score (nSPS) is 28.1. The number of nitrogens with two attached hydrogens (primary N) is 1. The van der Waals surface area contributed by atoms with Gasteiger partial charge in [-0.2, -0.15) is 0 Å².